The Bertz CT molecular complexity index is 1260. The predicted molar refractivity (Wildman–Crippen MR) is 133 cm³/mol. The van der Waals surface area contributed by atoms with E-state index in [1.165, 1.54) is 24.3 Å². The number of rotatable bonds is 7. The number of halogens is 2. The molecule has 1 aliphatic heterocycles. The fraction of sp³-hybridized carbons (Fsp3) is 0.0800. The molecular formula is C25H18BrFN2O4S. The summed E-state index contributed by atoms with van der Waals surface area (Å²) in [6, 6.07) is 20.1. The molecule has 9 heteroatoms. The molecule has 0 radical (unpaired) electrons. The molecule has 1 N–H and O–H groups in total. The van der Waals surface area contributed by atoms with E-state index in [4.69, 9.17) is 4.74 Å². The van der Waals surface area contributed by atoms with Crippen LogP contribution in [-0.4, -0.2) is 28.5 Å². The van der Waals surface area contributed by atoms with Gasteiger partial charge in [0.1, 0.15) is 24.7 Å². The standard InChI is InChI=1S/C25H18BrFN2O4S/c26-18-7-5-16(6-8-18)15-33-21-4-2-1-3-17(21)13-22-24(31)29(25(32)34-22)14-23(30)28-20-11-9-19(27)10-12-20/h1-13H,14-15H2,(H,28,30)/b22-13-. The summed E-state index contributed by atoms with van der Waals surface area (Å²) in [7, 11) is 0. The van der Waals surface area contributed by atoms with Crippen LogP contribution in [-0.2, 0) is 16.2 Å². The molecule has 0 unspecified atom stereocenters. The van der Waals surface area contributed by atoms with Crippen LogP contribution in [0.25, 0.3) is 6.08 Å². The van der Waals surface area contributed by atoms with Gasteiger partial charge in [-0.25, -0.2) is 4.39 Å². The summed E-state index contributed by atoms with van der Waals surface area (Å²) < 4.78 is 19.9. The number of nitrogens with one attached hydrogen (secondary N) is 1. The number of hydrogen-bond acceptors (Lipinski definition) is 5. The van der Waals surface area contributed by atoms with Crippen molar-refractivity contribution in [1.29, 1.82) is 0 Å². The van der Waals surface area contributed by atoms with E-state index in [9.17, 15) is 18.8 Å². The Labute approximate surface area is 207 Å². The molecule has 4 rings (SSSR count). The molecule has 0 atom stereocenters. The van der Waals surface area contributed by atoms with Crippen molar-refractivity contribution < 1.29 is 23.5 Å². The number of benzene rings is 3. The van der Waals surface area contributed by atoms with E-state index in [-0.39, 0.29) is 4.91 Å². The molecule has 172 valence electrons. The molecular weight excluding hydrogens is 523 g/mol. The zero-order valence-corrected chi connectivity index (χ0v) is 20.1. The lowest BCUT2D eigenvalue weighted by Gasteiger charge is -2.12. The Morgan fingerprint density at radius 1 is 1.03 bits per heavy atom. The van der Waals surface area contributed by atoms with Crippen LogP contribution in [0, 0.1) is 5.82 Å². The molecule has 0 spiro atoms. The van der Waals surface area contributed by atoms with Crippen molar-refractivity contribution in [3.8, 4) is 5.75 Å². The molecule has 0 bridgehead atoms. The molecule has 3 aromatic rings. The van der Waals surface area contributed by atoms with E-state index in [1.54, 1.807) is 24.3 Å². The van der Waals surface area contributed by atoms with Crippen LogP contribution in [0.5, 0.6) is 5.75 Å². The van der Waals surface area contributed by atoms with Crippen LogP contribution in [0.2, 0.25) is 0 Å². The van der Waals surface area contributed by atoms with Gasteiger partial charge < -0.3 is 10.1 Å². The van der Waals surface area contributed by atoms with Gasteiger partial charge in [0.15, 0.2) is 0 Å². The minimum Gasteiger partial charge on any atom is -0.488 e. The molecule has 0 saturated carbocycles. The predicted octanol–water partition coefficient (Wildman–Crippen LogP) is 5.84. The number of carbonyl (C=O) groups is 3. The lowest BCUT2D eigenvalue weighted by Crippen LogP contribution is -2.36. The zero-order chi connectivity index (χ0) is 24.1. The van der Waals surface area contributed by atoms with Gasteiger partial charge in [0.25, 0.3) is 11.1 Å². The maximum absolute atomic E-state index is 13.0. The van der Waals surface area contributed by atoms with Crippen molar-refractivity contribution in [2.75, 3.05) is 11.9 Å². The Balaban J connectivity index is 1.44. The van der Waals surface area contributed by atoms with Gasteiger partial charge in [0, 0.05) is 15.7 Å². The fourth-order valence-corrected chi connectivity index (χ4v) is 4.22. The van der Waals surface area contributed by atoms with Gasteiger partial charge >= 0.3 is 0 Å². The number of ether oxygens (including phenoxy) is 1. The third-order valence-electron chi connectivity index (χ3n) is 4.82. The van der Waals surface area contributed by atoms with E-state index in [0.717, 1.165) is 26.7 Å². The average Bonchev–Trinajstić information content (AvgIpc) is 3.08. The molecule has 1 fully saturated rings. The molecule has 1 saturated heterocycles. The summed E-state index contributed by atoms with van der Waals surface area (Å²) in [5.41, 5.74) is 1.98. The third-order valence-corrected chi connectivity index (χ3v) is 6.25. The summed E-state index contributed by atoms with van der Waals surface area (Å²) in [4.78, 5) is 38.6. The van der Waals surface area contributed by atoms with E-state index >= 15 is 0 Å². The van der Waals surface area contributed by atoms with E-state index < -0.39 is 29.4 Å². The number of carbonyl (C=O) groups excluding carboxylic acids is 3. The lowest BCUT2D eigenvalue weighted by molar-refractivity contribution is -0.127. The quantitative estimate of drug-likeness (QED) is 0.381. The third kappa shape index (κ3) is 5.92. The molecule has 3 aromatic carbocycles. The van der Waals surface area contributed by atoms with Crippen molar-refractivity contribution >= 4 is 56.5 Å². The second-order valence-corrected chi connectivity index (χ2v) is 9.18. The molecule has 1 heterocycles. The topological polar surface area (TPSA) is 75.7 Å². The monoisotopic (exact) mass is 540 g/mol. The van der Waals surface area contributed by atoms with Crippen LogP contribution in [0.4, 0.5) is 14.9 Å². The van der Waals surface area contributed by atoms with Crippen LogP contribution < -0.4 is 10.1 Å². The minimum absolute atomic E-state index is 0.194. The summed E-state index contributed by atoms with van der Waals surface area (Å²) in [6.45, 7) is -0.107. The van der Waals surface area contributed by atoms with Crippen molar-refractivity contribution in [3.63, 3.8) is 0 Å². The van der Waals surface area contributed by atoms with Crippen LogP contribution in [0.3, 0.4) is 0 Å². The smallest absolute Gasteiger partial charge is 0.294 e. The van der Waals surface area contributed by atoms with Gasteiger partial charge in [-0.3, -0.25) is 19.3 Å². The normalized spacial score (nSPS) is 14.5. The highest BCUT2D eigenvalue weighted by Gasteiger charge is 2.36. The van der Waals surface area contributed by atoms with E-state index in [0.29, 0.717) is 23.6 Å². The Kier molecular flexibility index (Phi) is 7.44. The molecule has 3 amide bonds. The Hall–Kier alpha value is -3.43. The zero-order valence-electron chi connectivity index (χ0n) is 17.7. The molecule has 34 heavy (non-hydrogen) atoms. The molecule has 0 aliphatic carbocycles. The van der Waals surface area contributed by atoms with Crippen molar-refractivity contribution in [2.45, 2.75) is 6.61 Å². The summed E-state index contributed by atoms with van der Waals surface area (Å²) in [6.07, 6.45) is 1.58. The average molecular weight is 541 g/mol. The van der Waals surface area contributed by atoms with Crippen molar-refractivity contribution in [2.24, 2.45) is 0 Å². The highest BCUT2D eigenvalue weighted by molar-refractivity contribution is 9.10. The first kappa shape index (κ1) is 23.7. The maximum Gasteiger partial charge on any atom is 0.294 e. The molecule has 1 aliphatic rings. The van der Waals surface area contributed by atoms with Crippen LogP contribution in [0.1, 0.15) is 11.1 Å². The number of para-hydroxylation sites is 1. The minimum atomic E-state index is -0.563. The lowest BCUT2D eigenvalue weighted by atomic mass is 10.1. The van der Waals surface area contributed by atoms with Gasteiger partial charge in [0.2, 0.25) is 5.91 Å². The van der Waals surface area contributed by atoms with Gasteiger partial charge in [0.05, 0.1) is 4.91 Å². The van der Waals surface area contributed by atoms with Gasteiger partial charge in [-0.05, 0) is 65.9 Å². The highest BCUT2D eigenvalue weighted by atomic mass is 79.9. The number of anilines is 1. The summed E-state index contributed by atoms with van der Waals surface area (Å²) >= 11 is 4.16. The van der Waals surface area contributed by atoms with Gasteiger partial charge in [-0.1, -0.05) is 46.3 Å². The summed E-state index contributed by atoms with van der Waals surface area (Å²) in [5, 5.41) is 2.00. The van der Waals surface area contributed by atoms with Crippen molar-refractivity contribution in [1.82, 2.24) is 4.90 Å². The van der Waals surface area contributed by atoms with Gasteiger partial charge in [-0.15, -0.1) is 0 Å². The van der Waals surface area contributed by atoms with Crippen LogP contribution in [0.15, 0.2) is 82.2 Å². The fourth-order valence-electron chi connectivity index (χ4n) is 3.13. The maximum atomic E-state index is 13.0. The SMILES string of the molecule is O=C(CN1C(=O)S/C(=C\c2ccccc2OCc2ccc(Br)cc2)C1=O)Nc1ccc(F)cc1. The van der Waals surface area contributed by atoms with Crippen molar-refractivity contribution in [3.05, 3.63) is 99.1 Å². The van der Waals surface area contributed by atoms with E-state index in [1.807, 2.05) is 30.3 Å². The second-order valence-electron chi connectivity index (χ2n) is 7.28. The first-order valence-corrected chi connectivity index (χ1v) is 11.8. The molecule has 6 nitrogen and oxygen atoms in total. The number of nitrogens with zero attached hydrogens (tertiary/aromatic N) is 1. The first-order valence-electron chi connectivity index (χ1n) is 10.2. The number of thioether (sulfide) groups is 1. The van der Waals surface area contributed by atoms with Crippen LogP contribution >= 0.6 is 27.7 Å². The molecule has 0 aromatic heterocycles. The van der Waals surface area contributed by atoms with E-state index in [2.05, 4.69) is 21.2 Å². The first-order chi connectivity index (χ1) is 16.4. The Morgan fingerprint density at radius 2 is 1.74 bits per heavy atom. The number of amides is 3. The highest BCUT2D eigenvalue weighted by Crippen LogP contribution is 2.34. The largest absolute Gasteiger partial charge is 0.488 e. The van der Waals surface area contributed by atoms with Gasteiger partial charge in [-0.2, -0.15) is 0 Å². The number of hydrogen-bond donors (Lipinski definition) is 1. The summed E-state index contributed by atoms with van der Waals surface area (Å²) in [5.74, 6) is -0.998. The number of imide groups is 1. The Morgan fingerprint density at radius 3 is 2.47 bits per heavy atom. The second kappa shape index (κ2) is 10.7.